The second-order valence-corrected chi connectivity index (χ2v) is 12.9. The zero-order valence-electron chi connectivity index (χ0n) is 23.2. The molecule has 0 saturated carbocycles. The number of benzene rings is 1. The molecule has 2 amide bonds. The van der Waals surface area contributed by atoms with Crippen molar-refractivity contribution < 1.29 is 73.1 Å². The Morgan fingerprint density at radius 1 is 0.977 bits per heavy atom. The molecule has 0 fully saturated rings. The normalized spacial score (nSPS) is 17.6. The molecule has 0 saturated heterocycles. The second kappa shape index (κ2) is 14.8. The summed E-state index contributed by atoms with van der Waals surface area (Å²) in [5.41, 5.74) is 8.90. The Labute approximate surface area is 249 Å². The van der Waals surface area contributed by atoms with Crippen molar-refractivity contribution in [2.75, 3.05) is 6.61 Å². The predicted molar refractivity (Wildman–Crippen MR) is 147 cm³/mol. The Morgan fingerprint density at radius 2 is 1.48 bits per heavy atom. The van der Waals surface area contributed by atoms with Crippen molar-refractivity contribution in [1.29, 1.82) is 0 Å². The second-order valence-electron chi connectivity index (χ2n) is 9.77. The quantitative estimate of drug-likeness (QED) is 0.0579. The number of nitrogens with zero attached hydrogens (tertiary/aromatic N) is 1. The maximum absolute atomic E-state index is 13.6. The molecule has 7 atom stereocenters. The lowest BCUT2D eigenvalue weighted by molar-refractivity contribution is -0.164. The van der Waals surface area contributed by atoms with Crippen LogP contribution < -0.4 is 22.5 Å². The predicted octanol–water partition coefficient (Wildman–Crippen LogP) is -4.78. The van der Waals surface area contributed by atoms with Gasteiger partial charge in [-0.25, -0.2) is 14.0 Å². The number of aliphatic hydroxyl groups excluding tert-OH is 2. The number of aliphatic carboxylic acids is 1. The first-order valence-corrected chi connectivity index (χ1v) is 15.6. The Morgan fingerprint density at radius 3 is 1.84 bits per heavy atom. The van der Waals surface area contributed by atoms with Crippen LogP contribution in [0.3, 0.4) is 0 Å². The number of ketones is 2. The van der Waals surface area contributed by atoms with Crippen LogP contribution in [0.5, 0.6) is 5.75 Å². The fraction of sp³-hybridized carbons (Fsp3) is 0.500. The zero-order chi connectivity index (χ0) is 34.5. The molecule has 0 aliphatic heterocycles. The molecule has 0 aliphatic rings. The molecule has 1 unspecified atom stereocenters. The van der Waals surface area contributed by atoms with Gasteiger partial charge in [0.2, 0.25) is 11.4 Å². The first kappa shape index (κ1) is 38.9. The van der Waals surface area contributed by atoms with Crippen LogP contribution in [0.4, 0.5) is 0 Å². The summed E-state index contributed by atoms with van der Waals surface area (Å²) >= 11 is 0. The van der Waals surface area contributed by atoms with E-state index in [0.717, 1.165) is 13.8 Å². The fourth-order valence-corrected chi connectivity index (χ4v) is 6.71. The number of rotatable bonds is 16. The molecule has 0 radical (unpaired) electrons. The molecule has 22 heteroatoms. The van der Waals surface area contributed by atoms with Gasteiger partial charge in [0.1, 0.15) is 11.8 Å². The summed E-state index contributed by atoms with van der Waals surface area (Å²) in [6, 6.07) is -3.46. The molecule has 0 aromatic heterocycles. The lowest BCUT2D eigenvalue weighted by atomic mass is 9.81. The molecule has 1 rings (SSSR count). The molecule has 44 heavy (non-hydrogen) atoms. The van der Waals surface area contributed by atoms with E-state index in [-0.39, 0.29) is 12.2 Å². The average molecular weight is 671 g/mol. The van der Waals surface area contributed by atoms with E-state index in [2.05, 4.69) is 0 Å². The van der Waals surface area contributed by atoms with Crippen molar-refractivity contribution in [3.63, 3.8) is 0 Å². The third kappa shape index (κ3) is 8.52. The van der Waals surface area contributed by atoms with E-state index < -0.39 is 97.4 Å². The highest BCUT2D eigenvalue weighted by Gasteiger charge is 2.71. The van der Waals surface area contributed by atoms with Crippen molar-refractivity contribution >= 4 is 44.7 Å². The number of nitrogens with one attached hydrogen (secondary N) is 1. The van der Waals surface area contributed by atoms with Crippen molar-refractivity contribution in [2.24, 2.45) is 17.2 Å². The van der Waals surface area contributed by atoms with Crippen LogP contribution in [-0.2, 0) is 39.5 Å². The van der Waals surface area contributed by atoms with E-state index in [0.29, 0.717) is 5.56 Å². The highest BCUT2D eigenvalue weighted by Crippen LogP contribution is 2.56. The number of Topliss-reactive ketones (excluding diaryl/α,β-unsaturated/α-hetero) is 2. The van der Waals surface area contributed by atoms with Crippen LogP contribution in [0.2, 0.25) is 0 Å². The van der Waals surface area contributed by atoms with Gasteiger partial charge < -0.3 is 62.5 Å². The Balaban J connectivity index is 3.96. The summed E-state index contributed by atoms with van der Waals surface area (Å²) in [6.45, 7) is -0.0291. The molecule has 248 valence electrons. The maximum Gasteiger partial charge on any atom is 0.433 e. The Hall–Kier alpha value is -3.13. The third-order valence-corrected chi connectivity index (χ3v) is 8.64. The Kier molecular flexibility index (Phi) is 13.1. The standard InChI is InChI=1S/C22H35N5O15P2/c1-9(23)16(31)18(43(37,38)39)22(21(35)36,17(32)15(25)10(2)29)27(44(40,41)42)20(34)14(8-28)26-19(33)13(24)7-11-3-5-12(30)6-4-11/h3-6,9-10,13-15,18,28-30H,7-8,23-25H2,1-2H3,(H,26,33)(H,35,36)(H2,37,38,39)(H2,40,41,42)/t9-,10+,13-,14-,15-,18?,22-/m0/s1. The number of phenolic OH excluding ortho intramolecular Hbond substituents is 1. The number of carboxylic acids is 1. The van der Waals surface area contributed by atoms with Gasteiger partial charge in [-0.15, -0.1) is 0 Å². The summed E-state index contributed by atoms with van der Waals surface area (Å²) in [4.78, 5) is 106. The number of aliphatic hydroxyl groups is 2. The average Bonchev–Trinajstić information content (AvgIpc) is 2.89. The molecular weight excluding hydrogens is 636 g/mol. The number of hydrogen-bond donors (Lipinski definition) is 12. The van der Waals surface area contributed by atoms with Gasteiger partial charge in [-0.2, -0.15) is 0 Å². The van der Waals surface area contributed by atoms with E-state index in [1.165, 1.54) is 24.3 Å². The van der Waals surface area contributed by atoms with Gasteiger partial charge >= 0.3 is 21.3 Å². The van der Waals surface area contributed by atoms with Crippen LogP contribution in [0, 0.1) is 0 Å². The molecule has 0 spiro atoms. The number of nitrogens with two attached hydrogens (primary N) is 3. The minimum atomic E-state index is -6.63. The van der Waals surface area contributed by atoms with Crippen LogP contribution in [0.15, 0.2) is 24.3 Å². The van der Waals surface area contributed by atoms with Gasteiger partial charge in [0, 0.05) is 0 Å². The van der Waals surface area contributed by atoms with Crippen molar-refractivity contribution in [3.8, 4) is 5.75 Å². The van der Waals surface area contributed by atoms with Crippen molar-refractivity contribution in [2.45, 2.75) is 61.7 Å². The highest BCUT2D eigenvalue weighted by atomic mass is 31.2. The van der Waals surface area contributed by atoms with E-state index in [1.807, 2.05) is 0 Å². The zero-order valence-corrected chi connectivity index (χ0v) is 25.0. The minimum Gasteiger partial charge on any atom is -0.508 e. The molecule has 15 N–H and O–H groups in total. The van der Waals surface area contributed by atoms with Gasteiger partial charge in [-0.1, -0.05) is 12.1 Å². The van der Waals surface area contributed by atoms with E-state index >= 15 is 0 Å². The number of carbonyl (C=O) groups excluding carboxylic acids is 4. The lowest BCUT2D eigenvalue weighted by Gasteiger charge is -2.45. The van der Waals surface area contributed by atoms with E-state index in [4.69, 9.17) is 17.2 Å². The molecule has 0 aliphatic carbocycles. The van der Waals surface area contributed by atoms with E-state index in [9.17, 15) is 73.1 Å². The first-order valence-electron chi connectivity index (χ1n) is 12.4. The number of hydrogen-bond acceptors (Lipinski definition) is 13. The van der Waals surface area contributed by atoms with Crippen LogP contribution in [-0.4, -0.2) is 122 Å². The van der Waals surface area contributed by atoms with Gasteiger partial charge in [0.05, 0.1) is 30.8 Å². The van der Waals surface area contributed by atoms with Gasteiger partial charge in [-0.3, -0.25) is 23.7 Å². The highest BCUT2D eigenvalue weighted by molar-refractivity contribution is 7.54. The molecular formula is C22H35N5O15P2. The summed E-state index contributed by atoms with van der Waals surface area (Å²) in [5.74, 6) is -10.9. The van der Waals surface area contributed by atoms with Gasteiger partial charge in [-0.05, 0) is 38.0 Å². The molecule has 20 nitrogen and oxygen atoms in total. The summed E-state index contributed by atoms with van der Waals surface area (Å²) < 4.78 is 24.3. The van der Waals surface area contributed by atoms with E-state index in [1.54, 1.807) is 5.32 Å². The van der Waals surface area contributed by atoms with Gasteiger partial charge in [0.15, 0.2) is 17.2 Å². The SMILES string of the molecule is C[C@H](N)C(=O)C([C@](C(=O)O)(C(=O)[C@@H](N)[C@@H](C)O)N(C(=O)[C@H](CO)NC(=O)[C@@H](N)Cc1ccc(O)cc1)P(=O)(O)O)P(=O)(O)O. The lowest BCUT2D eigenvalue weighted by Crippen LogP contribution is -2.74. The summed E-state index contributed by atoms with van der Waals surface area (Å²) in [6.07, 6.45) is -2.37. The molecule has 0 heterocycles. The van der Waals surface area contributed by atoms with Crippen LogP contribution in [0.1, 0.15) is 19.4 Å². The monoisotopic (exact) mass is 671 g/mol. The summed E-state index contributed by atoms with van der Waals surface area (Å²) in [5, 5.41) is 41.2. The number of amides is 2. The first-order chi connectivity index (χ1) is 20.0. The van der Waals surface area contributed by atoms with Crippen molar-refractivity contribution in [3.05, 3.63) is 29.8 Å². The topological polar surface area (TPSA) is 375 Å². The minimum absolute atomic E-state index is 0.127. The van der Waals surface area contributed by atoms with Gasteiger partial charge in [0.25, 0.3) is 5.91 Å². The number of carboxylic acid groups (broad SMARTS) is 1. The smallest absolute Gasteiger partial charge is 0.433 e. The van der Waals surface area contributed by atoms with Crippen molar-refractivity contribution in [1.82, 2.24) is 9.99 Å². The molecule has 1 aromatic rings. The summed E-state index contributed by atoms with van der Waals surface area (Å²) in [7, 11) is -13.0. The number of phenols is 1. The number of aromatic hydroxyl groups is 1. The number of carbonyl (C=O) groups is 5. The van der Waals surface area contributed by atoms with Crippen LogP contribution in [0.25, 0.3) is 0 Å². The van der Waals surface area contributed by atoms with Crippen LogP contribution >= 0.6 is 15.3 Å². The fourth-order valence-electron chi connectivity index (χ4n) is 4.10. The molecule has 0 bridgehead atoms. The largest absolute Gasteiger partial charge is 0.508 e. The molecule has 1 aromatic carbocycles. The Bertz CT molecular complexity index is 1350. The maximum atomic E-state index is 13.6. The third-order valence-electron chi connectivity index (χ3n) is 6.30.